The summed E-state index contributed by atoms with van der Waals surface area (Å²) in [5.74, 6) is 0.306. The quantitative estimate of drug-likeness (QED) is 0.441. The normalized spacial score (nSPS) is 20.8. The number of allylic oxidation sites excluding steroid dienone is 3. The molecular formula is C32H45N7O2. The lowest BCUT2D eigenvalue weighted by molar-refractivity contribution is 0.0614. The molecule has 0 spiro atoms. The standard InChI is InChI=1S/C32H45N7O2/c1-24(2)41-28-7-4-6-26(8-10-28)36-32(40)39-16-12-25(13-17-39)31-29-11-9-27(22-30(29)34-23-35-31)33-14-5-15-38-20-18-37(3)19-21-38/h4,6-11,22-25,28,33H,5,12-21H2,1-3H3,(H,36,40). The molecule has 3 heterocycles. The van der Waals surface area contributed by atoms with E-state index in [1.54, 1.807) is 6.33 Å². The van der Waals surface area contributed by atoms with Crippen LogP contribution < -0.4 is 10.6 Å². The second-order valence-corrected chi connectivity index (χ2v) is 11.6. The molecule has 1 aliphatic carbocycles. The average Bonchev–Trinajstić information content (AvgIpc) is 3.20. The second kappa shape index (κ2) is 14.1. The predicted octanol–water partition coefficient (Wildman–Crippen LogP) is 4.37. The van der Waals surface area contributed by atoms with Crippen molar-refractivity contribution in [2.45, 2.75) is 51.2 Å². The highest BCUT2D eigenvalue weighted by molar-refractivity contribution is 5.84. The second-order valence-electron chi connectivity index (χ2n) is 11.6. The van der Waals surface area contributed by atoms with E-state index in [9.17, 15) is 4.79 Å². The molecule has 2 saturated heterocycles. The summed E-state index contributed by atoms with van der Waals surface area (Å²) < 4.78 is 5.83. The molecule has 3 aliphatic rings. The minimum absolute atomic E-state index is 0.0631. The number of piperazine rings is 1. The number of nitrogens with zero attached hydrogens (tertiary/aromatic N) is 5. The predicted molar refractivity (Wildman–Crippen MR) is 165 cm³/mol. The molecule has 5 rings (SSSR count). The average molecular weight is 560 g/mol. The van der Waals surface area contributed by atoms with Crippen LogP contribution in [0.25, 0.3) is 10.9 Å². The van der Waals surface area contributed by atoms with Gasteiger partial charge in [0.25, 0.3) is 0 Å². The summed E-state index contributed by atoms with van der Waals surface area (Å²) in [5, 5.41) is 7.74. The number of rotatable bonds is 9. The van der Waals surface area contributed by atoms with Crippen LogP contribution in [0.5, 0.6) is 0 Å². The Hall–Kier alpha value is -3.27. The van der Waals surface area contributed by atoms with Gasteiger partial charge in [0.05, 0.1) is 23.4 Å². The van der Waals surface area contributed by atoms with Gasteiger partial charge in [0.2, 0.25) is 0 Å². The van der Waals surface area contributed by atoms with Crippen molar-refractivity contribution in [3.8, 4) is 0 Å². The Balaban J connectivity index is 1.11. The summed E-state index contributed by atoms with van der Waals surface area (Å²) in [6.45, 7) is 12.2. The van der Waals surface area contributed by atoms with Crippen LogP contribution in [0.3, 0.4) is 0 Å². The number of hydrogen-bond acceptors (Lipinski definition) is 7. The minimum atomic E-state index is -0.0851. The molecular weight excluding hydrogens is 514 g/mol. The Labute approximate surface area is 244 Å². The number of benzene rings is 1. The van der Waals surface area contributed by atoms with Crippen LogP contribution in [0, 0.1) is 0 Å². The molecule has 1 atom stereocenters. The smallest absolute Gasteiger partial charge is 0.321 e. The highest BCUT2D eigenvalue weighted by Crippen LogP contribution is 2.32. The van der Waals surface area contributed by atoms with Gasteiger partial charge >= 0.3 is 6.03 Å². The Kier molecular flexibility index (Phi) is 10.0. The van der Waals surface area contributed by atoms with Crippen LogP contribution in [0.4, 0.5) is 10.5 Å². The van der Waals surface area contributed by atoms with Gasteiger partial charge in [-0.05, 0) is 83.1 Å². The molecule has 0 saturated carbocycles. The molecule has 2 fully saturated rings. The summed E-state index contributed by atoms with van der Waals surface area (Å²) in [5.41, 5.74) is 3.94. The Morgan fingerprint density at radius 1 is 1.07 bits per heavy atom. The molecule has 2 N–H and O–H groups in total. The van der Waals surface area contributed by atoms with Gasteiger partial charge in [0.15, 0.2) is 0 Å². The van der Waals surface area contributed by atoms with Crippen LogP contribution in [0.2, 0.25) is 0 Å². The number of aromatic nitrogens is 2. The number of likely N-dealkylation sites (tertiary alicyclic amines) is 1. The summed E-state index contributed by atoms with van der Waals surface area (Å²) >= 11 is 0. The van der Waals surface area contributed by atoms with Gasteiger partial charge in [-0.2, -0.15) is 0 Å². The van der Waals surface area contributed by atoms with Gasteiger partial charge in [-0.15, -0.1) is 0 Å². The number of nitrogens with one attached hydrogen (secondary N) is 2. The van der Waals surface area contributed by atoms with E-state index in [2.05, 4.69) is 50.7 Å². The fourth-order valence-electron chi connectivity index (χ4n) is 5.75. The largest absolute Gasteiger partial charge is 0.385 e. The number of fused-ring (bicyclic) bond motifs is 1. The van der Waals surface area contributed by atoms with Crippen LogP contribution in [-0.4, -0.2) is 102 Å². The molecule has 0 radical (unpaired) electrons. The zero-order valence-corrected chi connectivity index (χ0v) is 24.8. The van der Waals surface area contributed by atoms with Crippen LogP contribution in [0.1, 0.15) is 44.7 Å². The number of anilines is 1. The third-order valence-electron chi connectivity index (χ3n) is 8.13. The van der Waals surface area contributed by atoms with E-state index in [-0.39, 0.29) is 18.2 Å². The van der Waals surface area contributed by atoms with Crippen LogP contribution in [0.15, 0.2) is 60.6 Å². The van der Waals surface area contributed by atoms with Gasteiger partial charge in [-0.1, -0.05) is 12.2 Å². The maximum atomic E-state index is 13.0. The summed E-state index contributed by atoms with van der Waals surface area (Å²) in [7, 11) is 2.20. The van der Waals surface area contributed by atoms with E-state index >= 15 is 0 Å². The molecule has 1 aromatic heterocycles. The molecule has 1 unspecified atom stereocenters. The van der Waals surface area contributed by atoms with Crippen molar-refractivity contribution in [3.05, 3.63) is 66.3 Å². The first-order chi connectivity index (χ1) is 19.9. The maximum Gasteiger partial charge on any atom is 0.321 e. The molecule has 9 nitrogen and oxygen atoms in total. The molecule has 1 aromatic carbocycles. The van der Waals surface area contributed by atoms with Crippen LogP contribution >= 0.6 is 0 Å². The van der Waals surface area contributed by atoms with Gasteiger partial charge in [0.1, 0.15) is 6.33 Å². The van der Waals surface area contributed by atoms with E-state index in [4.69, 9.17) is 9.72 Å². The van der Waals surface area contributed by atoms with Crippen LogP contribution in [-0.2, 0) is 4.74 Å². The van der Waals surface area contributed by atoms with E-state index in [1.165, 1.54) is 0 Å². The van der Waals surface area contributed by atoms with Gasteiger partial charge in [-0.25, -0.2) is 14.8 Å². The van der Waals surface area contributed by atoms with Gasteiger partial charge in [-0.3, -0.25) is 0 Å². The Morgan fingerprint density at radius 3 is 2.66 bits per heavy atom. The molecule has 2 aliphatic heterocycles. The van der Waals surface area contributed by atoms with E-state index < -0.39 is 0 Å². The first-order valence-electron chi connectivity index (χ1n) is 15.1. The molecule has 9 heteroatoms. The third kappa shape index (κ3) is 8.15. The van der Waals surface area contributed by atoms with Crippen molar-refractivity contribution in [2.24, 2.45) is 0 Å². The molecule has 220 valence electrons. The van der Waals surface area contributed by atoms with E-state index in [1.807, 2.05) is 49.1 Å². The molecule has 41 heavy (non-hydrogen) atoms. The van der Waals surface area contributed by atoms with E-state index in [0.717, 1.165) is 86.5 Å². The Bertz CT molecular complexity index is 1260. The highest BCUT2D eigenvalue weighted by atomic mass is 16.5. The zero-order chi connectivity index (χ0) is 28.6. The van der Waals surface area contributed by atoms with E-state index in [0.29, 0.717) is 19.0 Å². The summed E-state index contributed by atoms with van der Waals surface area (Å²) in [6, 6.07) is 6.37. The van der Waals surface area contributed by atoms with Crippen molar-refractivity contribution in [2.75, 3.05) is 64.7 Å². The number of likely N-dealkylation sites (N-methyl/N-ethyl adjacent to an activating group) is 1. The number of amides is 2. The molecule has 2 aromatic rings. The van der Waals surface area contributed by atoms with Gasteiger partial charge < -0.3 is 30.1 Å². The lowest BCUT2D eigenvalue weighted by Crippen LogP contribution is -2.44. The fourth-order valence-corrected chi connectivity index (χ4v) is 5.75. The Morgan fingerprint density at radius 2 is 1.88 bits per heavy atom. The van der Waals surface area contributed by atoms with Crippen molar-refractivity contribution in [1.82, 2.24) is 30.0 Å². The van der Waals surface area contributed by atoms with Crippen molar-refractivity contribution >= 4 is 22.6 Å². The molecule has 2 amide bonds. The summed E-state index contributed by atoms with van der Waals surface area (Å²) in [6.07, 6.45) is 14.3. The minimum Gasteiger partial charge on any atom is -0.385 e. The zero-order valence-electron chi connectivity index (χ0n) is 24.8. The monoisotopic (exact) mass is 559 g/mol. The SMILES string of the molecule is CC(C)OC1C=CC=C(NC(=O)N2CCC(c3ncnc4cc(NCCCN5CCN(C)CC5)ccc34)CC2)C=C1. The number of piperidine rings is 1. The third-order valence-corrected chi connectivity index (χ3v) is 8.13. The topological polar surface area (TPSA) is 85.9 Å². The molecule has 0 bridgehead atoms. The first-order valence-corrected chi connectivity index (χ1v) is 15.1. The van der Waals surface area contributed by atoms with Crippen molar-refractivity contribution in [3.63, 3.8) is 0 Å². The lowest BCUT2D eigenvalue weighted by atomic mass is 9.91. The van der Waals surface area contributed by atoms with Crippen molar-refractivity contribution in [1.29, 1.82) is 0 Å². The van der Waals surface area contributed by atoms with Gasteiger partial charge in [0, 0.05) is 68.5 Å². The first kappa shape index (κ1) is 29.2. The lowest BCUT2D eigenvalue weighted by Gasteiger charge is -2.32. The number of carbonyl (C=O) groups is 1. The maximum absolute atomic E-state index is 13.0. The number of urea groups is 1. The summed E-state index contributed by atoms with van der Waals surface area (Å²) in [4.78, 5) is 29.1. The number of carbonyl (C=O) groups excluding carboxylic acids is 1. The number of ether oxygens (including phenoxy) is 1. The fraction of sp³-hybridized carbons (Fsp3) is 0.531. The van der Waals surface area contributed by atoms with Crippen molar-refractivity contribution < 1.29 is 9.53 Å². The highest BCUT2D eigenvalue weighted by Gasteiger charge is 2.26. The number of hydrogen-bond donors (Lipinski definition) is 2.